The number of benzene rings is 1. The number of rotatable bonds is 8. The number of amides is 1. The molecule has 1 heterocycles. The monoisotopic (exact) mass is 542 g/mol. The number of aliphatic imine (C=N–C) groups is 1. The first-order valence-electron chi connectivity index (χ1n) is 8.49. The van der Waals surface area contributed by atoms with E-state index >= 15 is 0 Å². The molecule has 11 heteroatoms. The van der Waals surface area contributed by atoms with Crippen molar-refractivity contribution >= 4 is 47.2 Å². The minimum atomic E-state index is -4.75. The normalized spacial score (nSPS) is 11.4. The molecule has 2 aromatic rings. The lowest BCUT2D eigenvalue weighted by Crippen LogP contribution is -2.38. The van der Waals surface area contributed by atoms with Gasteiger partial charge in [-0.1, -0.05) is 24.3 Å². The highest BCUT2D eigenvalue weighted by atomic mass is 127. The van der Waals surface area contributed by atoms with Gasteiger partial charge in [-0.3, -0.25) is 9.79 Å². The van der Waals surface area contributed by atoms with Crippen LogP contribution in [-0.2, 0) is 6.54 Å². The Kier molecular flexibility index (Phi) is 10.8. The van der Waals surface area contributed by atoms with Gasteiger partial charge in [0.25, 0.3) is 5.91 Å². The maximum atomic E-state index is 12.5. The molecule has 1 amide bonds. The van der Waals surface area contributed by atoms with Crippen LogP contribution in [0, 0.1) is 0 Å². The van der Waals surface area contributed by atoms with Crippen molar-refractivity contribution in [3.05, 3.63) is 52.2 Å². The van der Waals surface area contributed by atoms with Gasteiger partial charge >= 0.3 is 6.36 Å². The maximum Gasteiger partial charge on any atom is 0.573 e. The van der Waals surface area contributed by atoms with E-state index in [0.29, 0.717) is 35.9 Å². The first-order valence-corrected chi connectivity index (χ1v) is 9.37. The van der Waals surface area contributed by atoms with Gasteiger partial charge in [0.05, 0.1) is 4.88 Å². The van der Waals surface area contributed by atoms with Gasteiger partial charge in [0.1, 0.15) is 5.75 Å². The Labute approximate surface area is 188 Å². The minimum Gasteiger partial charge on any atom is -0.405 e. The molecule has 1 aromatic carbocycles. The molecule has 0 aliphatic rings. The zero-order valence-electron chi connectivity index (χ0n) is 15.6. The van der Waals surface area contributed by atoms with E-state index in [9.17, 15) is 18.0 Å². The molecular weight excluding hydrogens is 520 g/mol. The van der Waals surface area contributed by atoms with E-state index in [0.717, 1.165) is 0 Å². The molecule has 29 heavy (non-hydrogen) atoms. The molecule has 0 spiro atoms. The van der Waals surface area contributed by atoms with Crippen LogP contribution in [0.2, 0.25) is 0 Å². The van der Waals surface area contributed by atoms with Crippen molar-refractivity contribution < 1.29 is 22.7 Å². The average molecular weight is 542 g/mol. The van der Waals surface area contributed by atoms with E-state index in [1.54, 1.807) is 25.2 Å². The van der Waals surface area contributed by atoms with Crippen LogP contribution >= 0.6 is 35.3 Å². The highest BCUT2D eigenvalue weighted by molar-refractivity contribution is 14.0. The van der Waals surface area contributed by atoms with Crippen molar-refractivity contribution in [2.24, 2.45) is 4.99 Å². The molecule has 0 saturated carbocycles. The number of guanidine groups is 1. The number of hydrogen-bond acceptors (Lipinski definition) is 4. The van der Waals surface area contributed by atoms with Gasteiger partial charge in [-0.2, -0.15) is 0 Å². The number of thiophene rings is 1. The third kappa shape index (κ3) is 9.35. The number of nitrogens with zero attached hydrogens (tertiary/aromatic N) is 1. The van der Waals surface area contributed by atoms with Gasteiger partial charge in [0.15, 0.2) is 5.96 Å². The molecule has 0 atom stereocenters. The molecule has 6 nitrogen and oxygen atoms in total. The van der Waals surface area contributed by atoms with Crippen LogP contribution in [0.25, 0.3) is 0 Å². The van der Waals surface area contributed by atoms with Crippen molar-refractivity contribution in [1.82, 2.24) is 16.0 Å². The fourth-order valence-electron chi connectivity index (χ4n) is 2.27. The molecular formula is C18H22F3IN4O2S. The van der Waals surface area contributed by atoms with Gasteiger partial charge in [0, 0.05) is 32.2 Å². The van der Waals surface area contributed by atoms with Crippen LogP contribution in [0.4, 0.5) is 13.2 Å². The lowest BCUT2D eigenvalue weighted by atomic mass is 10.2. The molecule has 0 radical (unpaired) electrons. The number of hydrogen-bond donors (Lipinski definition) is 3. The first kappa shape index (κ1) is 25.0. The van der Waals surface area contributed by atoms with Crippen LogP contribution in [0.15, 0.2) is 46.8 Å². The summed E-state index contributed by atoms with van der Waals surface area (Å²) < 4.78 is 41.4. The Hall–Kier alpha value is -2.02. The first-order chi connectivity index (χ1) is 13.4. The average Bonchev–Trinajstić information content (AvgIpc) is 3.18. The van der Waals surface area contributed by atoms with E-state index in [-0.39, 0.29) is 42.2 Å². The maximum absolute atomic E-state index is 12.5. The predicted molar refractivity (Wildman–Crippen MR) is 118 cm³/mol. The van der Waals surface area contributed by atoms with Crippen LogP contribution < -0.4 is 20.7 Å². The number of alkyl halides is 3. The summed E-state index contributed by atoms with van der Waals surface area (Å²) in [5.74, 6) is 0.0689. The summed E-state index contributed by atoms with van der Waals surface area (Å²) in [6.45, 7) is 1.13. The van der Waals surface area contributed by atoms with Crippen LogP contribution in [0.5, 0.6) is 5.75 Å². The molecule has 3 N–H and O–H groups in total. The molecule has 0 aliphatic carbocycles. The second kappa shape index (κ2) is 12.5. The van der Waals surface area contributed by atoms with E-state index in [2.05, 4.69) is 25.7 Å². The molecule has 160 valence electrons. The zero-order chi connectivity index (χ0) is 20.4. The standard InChI is InChI=1S/C18H21F3N4O2S.HI/c1-22-17(24-10-5-9-23-16(26)15-8-4-11-28-15)25-12-13-6-2-3-7-14(13)27-18(19,20)21;/h2-4,6-8,11H,5,9-10,12H2,1H3,(H,23,26)(H2,22,24,25);1H. The van der Waals surface area contributed by atoms with Crippen molar-refractivity contribution in [2.45, 2.75) is 19.3 Å². The smallest absolute Gasteiger partial charge is 0.405 e. The summed E-state index contributed by atoms with van der Waals surface area (Å²) >= 11 is 1.37. The summed E-state index contributed by atoms with van der Waals surface area (Å²) in [4.78, 5) is 16.5. The molecule has 0 aliphatic heterocycles. The number of para-hydroxylation sites is 1. The highest BCUT2D eigenvalue weighted by Crippen LogP contribution is 2.25. The zero-order valence-corrected chi connectivity index (χ0v) is 18.7. The Balaban J connectivity index is 0.00000420. The van der Waals surface area contributed by atoms with E-state index in [1.165, 1.54) is 23.5 Å². The Morgan fingerprint density at radius 1 is 1.10 bits per heavy atom. The third-order valence-corrected chi connectivity index (χ3v) is 4.41. The summed E-state index contributed by atoms with van der Waals surface area (Å²) in [6, 6.07) is 9.48. The second-order valence-electron chi connectivity index (χ2n) is 5.59. The summed E-state index contributed by atoms with van der Waals surface area (Å²) in [7, 11) is 1.56. The summed E-state index contributed by atoms with van der Waals surface area (Å²) in [5, 5.41) is 10.6. The topological polar surface area (TPSA) is 74.8 Å². The fourth-order valence-corrected chi connectivity index (χ4v) is 2.91. The molecule has 0 bridgehead atoms. The van der Waals surface area contributed by atoms with Gasteiger partial charge in [-0.05, 0) is 23.9 Å². The van der Waals surface area contributed by atoms with Gasteiger partial charge in [-0.25, -0.2) is 0 Å². The van der Waals surface area contributed by atoms with Crippen LogP contribution in [0.1, 0.15) is 21.7 Å². The highest BCUT2D eigenvalue weighted by Gasteiger charge is 2.31. The molecule has 1 aromatic heterocycles. The van der Waals surface area contributed by atoms with Gasteiger partial charge in [-0.15, -0.1) is 48.5 Å². The van der Waals surface area contributed by atoms with E-state index in [1.807, 2.05) is 11.4 Å². The number of carbonyl (C=O) groups excluding carboxylic acids is 1. The number of ether oxygens (including phenoxy) is 1. The summed E-state index contributed by atoms with van der Waals surface area (Å²) in [5.41, 5.74) is 0.353. The number of nitrogens with one attached hydrogen (secondary N) is 3. The quantitative estimate of drug-likeness (QED) is 0.206. The third-order valence-electron chi connectivity index (χ3n) is 3.54. The number of carbonyl (C=O) groups is 1. The largest absolute Gasteiger partial charge is 0.573 e. The molecule has 0 saturated heterocycles. The molecule has 2 rings (SSSR count). The molecule has 0 fully saturated rings. The van der Waals surface area contributed by atoms with Crippen molar-refractivity contribution in [1.29, 1.82) is 0 Å². The Morgan fingerprint density at radius 2 is 1.83 bits per heavy atom. The van der Waals surface area contributed by atoms with Crippen LogP contribution in [-0.4, -0.2) is 38.4 Å². The second-order valence-corrected chi connectivity index (χ2v) is 6.54. The predicted octanol–water partition coefficient (Wildman–Crippen LogP) is 3.75. The van der Waals surface area contributed by atoms with Crippen molar-refractivity contribution in [3.63, 3.8) is 0 Å². The van der Waals surface area contributed by atoms with E-state index < -0.39 is 6.36 Å². The Morgan fingerprint density at radius 3 is 2.48 bits per heavy atom. The minimum absolute atomic E-state index is 0. The van der Waals surface area contributed by atoms with Gasteiger partial charge in [0.2, 0.25) is 0 Å². The SMILES string of the molecule is CN=C(NCCCNC(=O)c1cccs1)NCc1ccccc1OC(F)(F)F.I. The lowest BCUT2D eigenvalue weighted by Gasteiger charge is -2.15. The van der Waals surface area contributed by atoms with Crippen molar-refractivity contribution in [3.8, 4) is 5.75 Å². The van der Waals surface area contributed by atoms with Crippen molar-refractivity contribution in [2.75, 3.05) is 20.1 Å². The summed E-state index contributed by atoms with van der Waals surface area (Å²) in [6.07, 6.45) is -4.09. The molecule has 0 unspecified atom stereocenters. The number of halogens is 4. The van der Waals surface area contributed by atoms with E-state index in [4.69, 9.17) is 0 Å². The van der Waals surface area contributed by atoms with Gasteiger partial charge < -0.3 is 20.7 Å². The fraction of sp³-hybridized carbons (Fsp3) is 0.333. The van der Waals surface area contributed by atoms with Crippen LogP contribution in [0.3, 0.4) is 0 Å². The lowest BCUT2D eigenvalue weighted by molar-refractivity contribution is -0.274. The Bertz CT molecular complexity index is 786.